The second kappa shape index (κ2) is 5.92. The lowest BCUT2D eigenvalue weighted by molar-refractivity contribution is -0.129. The molecule has 1 aliphatic rings. The van der Waals surface area contributed by atoms with Gasteiger partial charge in [0.05, 0.1) is 16.4 Å². The minimum atomic E-state index is -0.571. The highest BCUT2D eigenvalue weighted by atomic mass is 16.2. The smallest absolute Gasteiger partial charge is 0.234 e. The van der Waals surface area contributed by atoms with E-state index in [0.717, 1.165) is 23.1 Å². The van der Waals surface area contributed by atoms with E-state index in [9.17, 15) is 9.59 Å². The van der Waals surface area contributed by atoms with E-state index in [1.54, 1.807) is 11.8 Å². The van der Waals surface area contributed by atoms with E-state index in [0.29, 0.717) is 25.5 Å². The molecule has 1 aromatic carbocycles. The van der Waals surface area contributed by atoms with Gasteiger partial charge in [-0.15, -0.1) is 0 Å². The van der Waals surface area contributed by atoms with Gasteiger partial charge in [-0.2, -0.15) is 0 Å². The molecule has 1 fully saturated rings. The zero-order valence-corrected chi connectivity index (χ0v) is 14.7. The van der Waals surface area contributed by atoms with E-state index in [1.807, 2.05) is 43.5 Å². The first-order valence-corrected chi connectivity index (χ1v) is 8.38. The largest absolute Gasteiger partial charge is 0.342 e. The number of benzene rings is 1. The number of aromatic nitrogens is 2. The third-order valence-corrected chi connectivity index (χ3v) is 4.91. The summed E-state index contributed by atoms with van der Waals surface area (Å²) in [6.45, 7) is 9.33. The number of nitrogens with one attached hydrogen (secondary N) is 1. The molecule has 1 saturated heterocycles. The molecule has 3 rings (SSSR count). The highest BCUT2D eigenvalue weighted by Crippen LogP contribution is 2.32. The van der Waals surface area contributed by atoms with Crippen LogP contribution < -0.4 is 5.32 Å². The zero-order chi connectivity index (χ0) is 17.5. The fraction of sp³-hybridized carbons (Fsp3) is 0.500. The van der Waals surface area contributed by atoms with Gasteiger partial charge in [0.25, 0.3) is 0 Å². The molecule has 2 amide bonds. The van der Waals surface area contributed by atoms with Crippen molar-refractivity contribution in [1.82, 2.24) is 14.5 Å². The number of carbonyl (C=O) groups excluding carboxylic acids is 2. The van der Waals surface area contributed by atoms with Gasteiger partial charge in [-0.05, 0) is 44.9 Å². The molecule has 0 bridgehead atoms. The van der Waals surface area contributed by atoms with Crippen LogP contribution in [0.5, 0.6) is 0 Å². The van der Waals surface area contributed by atoms with Crippen LogP contribution in [0.3, 0.4) is 0 Å². The van der Waals surface area contributed by atoms with Gasteiger partial charge in [0.2, 0.25) is 17.8 Å². The number of aryl methyl sites for hydroxylation is 2. The molecule has 0 aliphatic carbocycles. The zero-order valence-electron chi connectivity index (χ0n) is 14.7. The summed E-state index contributed by atoms with van der Waals surface area (Å²) in [6, 6.07) is 6.10. The molecular weight excluding hydrogens is 304 g/mol. The van der Waals surface area contributed by atoms with E-state index in [-0.39, 0.29) is 11.8 Å². The fourth-order valence-electron chi connectivity index (χ4n) is 3.32. The van der Waals surface area contributed by atoms with E-state index in [1.165, 1.54) is 0 Å². The van der Waals surface area contributed by atoms with Gasteiger partial charge in [-0.25, -0.2) is 4.98 Å². The molecule has 0 spiro atoms. The molecule has 24 heavy (non-hydrogen) atoms. The first-order valence-electron chi connectivity index (χ1n) is 8.38. The number of nitrogens with zero attached hydrogens (tertiary/aromatic N) is 3. The second-order valence-corrected chi connectivity index (χ2v) is 6.88. The maximum atomic E-state index is 12.8. The molecule has 0 saturated carbocycles. The normalized spacial score (nSPS) is 20.6. The van der Waals surface area contributed by atoms with Crippen molar-refractivity contribution in [3.8, 4) is 0 Å². The Kier molecular flexibility index (Phi) is 4.07. The Morgan fingerprint density at radius 1 is 1.38 bits per heavy atom. The molecule has 0 radical (unpaired) electrons. The highest BCUT2D eigenvalue weighted by Gasteiger charge is 2.41. The van der Waals surface area contributed by atoms with Crippen LogP contribution in [-0.2, 0) is 16.1 Å². The molecule has 128 valence electrons. The first-order chi connectivity index (χ1) is 11.3. The minimum Gasteiger partial charge on any atom is -0.342 e. The Bertz CT molecular complexity index is 811. The van der Waals surface area contributed by atoms with Gasteiger partial charge in [-0.3, -0.25) is 14.9 Å². The van der Waals surface area contributed by atoms with Crippen molar-refractivity contribution >= 4 is 28.8 Å². The van der Waals surface area contributed by atoms with Crippen molar-refractivity contribution in [3.63, 3.8) is 0 Å². The summed E-state index contributed by atoms with van der Waals surface area (Å²) in [4.78, 5) is 30.7. The third kappa shape index (κ3) is 2.77. The van der Waals surface area contributed by atoms with Crippen LogP contribution in [0.15, 0.2) is 18.2 Å². The maximum absolute atomic E-state index is 12.8. The Labute approximate surface area is 141 Å². The first kappa shape index (κ1) is 16.5. The van der Waals surface area contributed by atoms with Crippen molar-refractivity contribution in [3.05, 3.63) is 23.8 Å². The quantitative estimate of drug-likeness (QED) is 0.941. The summed E-state index contributed by atoms with van der Waals surface area (Å²) in [7, 11) is 0. The van der Waals surface area contributed by atoms with Gasteiger partial charge >= 0.3 is 0 Å². The van der Waals surface area contributed by atoms with E-state index >= 15 is 0 Å². The topological polar surface area (TPSA) is 67.2 Å². The average molecular weight is 328 g/mol. The molecule has 2 heterocycles. The lowest BCUT2D eigenvalue weighted by atomic mass is 9.89. The number of imidazole rings is 1. The predicted molar refractivity (Wildman–Crippen MR) is 93.8 cm³/mol. The summed E-state index contributed by atoms with van der Waals surface area (Å²) in [5.41, 5.74) is 2.47. The van der Waals surface area contributed by atoms with Crippen molar-refractivity contribution in [1.29, 1.82) is 0 Å². The summed E-state index contributed by atoms with van der Waals surface area (Å²) in [5, 5.41) is 2.99. The van der Waals surface area contributed by atoms with Crippen molar-refractivity contribution < 1.29 is 9.59 Å². The number of likely N-dealkylation sites (tertiary alicyclic amines) is 1. The van der Waals surface area contributed by atoms with Crippen LogP contribution in [0.25, 0.3) is 11.0 Å². The summed E-state index contributed by atoms with van der Waals surface area (Å²) in [5.74, 6) is 0.515. The van der Waals surface area contributed by atoms with E-state index < -0.39 is 5.41 Å². The second-order valence-electron chi connectivity index (χ2n) is 6.88. The Hall–Kier alpha value is -2.37. The third-order valence-electron chi connectivity index (χ3n) is 4.91. The molecule has 6 heteroatoms. The van der Waals surface area contributed by atoms with Crippen molar-refractivity contribution in [2.24, 2.45) is 5.41 Å². The Morgan fingerprint density at radius 2 is 2.12 bits per heavy atom. The minimum absolute atomic E-state index is 0.0165. The van der Waals surface area contributed by atoms with Crippen LogP contribution in [0, 0.1) is 12.3 Å². The number of carbonyl (C=O) groups is 2. The number of fused-ring (bicyclic) bond motifs is 1. The van der Waals surface area contributed by atoms with Gasteiger partial charge in [0.15, 0.2) is 0 Å². The standard InChI is InChI=1S/C18H24N4O2/c1-5-22-15-7-6-12(2)10-14(15)19-17(22)20-16(24)18(4)8-9-21(11-18)13(3)23/h6-7,10H,5,8-9,11H2,1-4H3,(H,19,20,24). The predicted octanol–water partition coefficient (Wildman–Crippen LogP) is 2.56. The van der Waals surface area contributed by atoms with Crippen LogP contribution in [0.1, 0.15) is 32.8 Å². The Balaban J connectivity index is 1.87. The SMILES string of the molecule is CCn1c(NC(=O)C2(C)CCN(C(C)=O)C2)nc2cc(C)ccc21. The van der Waals surface area contributed by atoms with Gasteiger partial charge in [-0.1, -0.05) is 6.07 Å². The van der Waals surface area contributed by atoms with Gasteiger partial charge in [0.1, 0.15) is 0 Å². The van der Waals surface area contributed by atoms with Crippen LogP contribution in [0.2, 0.25) is 0 Å². The summed E-state index contributed by atoms with van der Waals surface area (Å²) >= 11 is 0. The van der Waals surface area contributed by atoms with E-state index in [4.69, 9.17) is 0 Å². The van der Waals surface area contributed by atoms with Crippen LogP contribution in [-0.4, -0.2) is 39.4 Å². The molecule has 1 unspecified atom stereocenters. The van der Waals surface area contributed by atoms with Crippen molar-refractivity contribution in [2.75, 3.05) is 18.4 Å². The average Bonchev–Trinajstić information content (AvgIpc) is 3.08. The van der Waals surface area contributed by atoms with Gasteiger partial charge < -0.3 is 9.47 Å². The maximum Gasteiger partial charge on any atom is 0.234 e. The van der Waals surface area contributed by atoms with E-state index in [2.05, 4.69) is 10.3 Å². The molecular formula is C18H24N4O2. The molecule has 1 aromatic heterocycles. The Morgan fingerprint density at radius 3 is 2.75 bits per heavy atom. The van der Waals surface area contributed by atoms with Crippen LogP contribution >= 0.6 is 0 Å². The number of amides is 2. The van der Waals surface area contributed by atoms with Crippen LogP contribution in [0.4, 0.5) is 5.95 Å². The van der Waals surface area contributed by atoms with Gasteiger partial charge in [0, 0.05) is 26.6 Å². The van der Waals surface area contributed by atoms with Crippen molar-refractivity contribution in [2.45, 2.75) is 40.7 Å². The number of anilines is 1. The number of hydrogen-bond donors (Lipinski definition) is 1. The summed E-state index contributed by atoms with van der Waals surface area (Å²) in [6.07, 6.45) is 0.671. The number of rotatable bonds is 3. The fourth-order valence-corrected chi connectivity index (χ4v) is 3.32. The molecule has 1 N–H and O–H groups in total. The lowest BCUT2D eigenvalue weighted by Gasteiger charge is -2.23. The lowest BCUT2D eigenvalue weighted by Crippen LogP contribution is -2.38. The highest BCUT2D eigenvalue weighted by molar-refractivity contribution is 5.96. The molecule has 6 nitrogen and oxygen atoms in total. The monoisotopic (exact) mass is 328 g/mol. The molecule has 1 aliphatic heterocycles. The summed E-state index contributed by atoms with van der Waals surface area (Å²) < 4.78 is 2.01. The number of hydrogen-bond acceptors (Lipinski definition) is 3. The molecule has 2 aromatic rings. The molecule has 1 atom stereocenters.